The van der Waals surface area contributed by atoms with E-state index in [0.29, 0.717) is 12.0 Å². The van der Waals surface area contributed by atoms with Gasteiger partial charge in [-0.15, -0.1) is 0 Å². The minimum Gasteiger partial charge on any atom is -0.478 e. The molecule has 0 radical (unpaired) electrons. The minimum absolute atomic E-state index is 0.315. The predicted octanol–water partition coefficient (Wildman–Crippen LogP) is 5.87. The molecule has 2 aromatic carbocycles. The van der Waals surface area contributed by atoms with Crippen LogP contribution in [0.4, 0.5) is 0 Å². The molecule has 5 nitrogen and oxygen atoms in total. The largest absolute Gasteiger partial charge is 0.478 e. The second kappa shape index (κ2) is 9.60. The fourth-order valence-corrected chi connectivity index (χ4v) is 3.68. The standard InChI is InChI=1S/C21H23N3O2.C6H4/c1-3-13-24-20(22-19(4-2)23-24)14-15-9-11-16(12-10-15)17-7-5-6-8-18(17)21(25)26;1-2-5-4-6(5)3-1/h5-12H,3-4,13-14H2,1-2H3,(H,25,26);1-4H. The topological polar surface area (TPSA) is 68.0 Å². The van der Waals surface area contributed by atoms with Crippen LogP contribution in [0, 0.1) is 0 Å². The molecular weight excluding hydrogens is 398 g/mol. The Morgan fingerprint density at radius 1 is 0.906 bits per heavy atom. The normalized spacial score (nSPS) is 10.9. The van der Waals surface area contributed by atoms with E-state index in [4.69, 9.17) is 0 Å². The van der Waals surface area contributed by atoms with E-state index in [1.165, 1.54) is 11.1 Å². The number of aromatic nitrogens is 3. The first-order chi connectivity index (χ1) is 15.6. The van der Waals surface area contributed by atoms with Crippen molar-refractivity contribution < 1.29 is 9.90 Å². The molecular formula is C27H27N3O2. The highest BCUT2D eigenvalue weighted by Gasteiger charge is 2.12. The number of carboxylic acids is 1. The molecule has 0 unspecified atom stereocenters. The molecule has 5 heteroatoms. The Kier molecular flexibility index (Phi) is 6.45. The van der Waals surface area contributed by atoms with Crippen LogP contribution >= 0.6 is 0 Å². The third kappa shape index (κ3) is 4.94. The average Bonchev–Trinajstić information content (AvgIpc) is 3.22. The molecule has 0 atom stereocenters. The second-order valence-corrected chi connectivity index (χ2v) is 7.83. The Labute approximate surface area is 188 Å². The van der Waals surface area contributed by atoms with E-state index < -0.39 is 5.97 Å². The Balaban J connectivity index is 0.000000346. The highest BCUT2D eigenvalue weighted by Crippen LogP contribution is 2.32. The number of carboxylic acid groups (broad SMARTS) is 1. The molecule has 162 valence electrons. The highest BCUT2D eigenvalue weighted by molar-refractivity contribution is 5.96. The van der Waals surface area contributed by atoms with E-state index in [-0.39, 0.29) is 0 Å². The summed E-state index contributed by atoms with van der Waals surface area (Å²) in [6.45, 7) is 5.06. The van der Waals surface area contributed by atoms with Gasteiger partial charge in [0.05, 0.1) is 5.56 Å². The number of carbonyl (C=O) groups is 1. The van der Waals surface area contributed by atoms with E-state index in [2.05, 4.69) is 48.2 Å². The van der Waals surface area contributed by atoms with E-state index in [9.17, 15) is 9.90 Å². The lowest BCUT2D eigenvalue weighted by molar-refractivity contribution is 0.0697. The number of nitrogens with zero attached hydrogens (tertiary/aromatic N) is 3. The number of rotatable bonds is 7. The van der Waals surface area contributed by atoms with Crippen molar-refractivity contribution in [3.8, 4) is 22.3 Å². The third-order valence-electron chi connectivity index (χ3n) is 5.44. The first-order valence-corrected chi connectivity index (χ1v) is 11.0. The van der Waals surface area contributed by atoms with Crippen LogP contribution < -0.4 is 0 Å². The number of hydrogen-bond acceptors (Lipinski definition) is 3. The van der Waals surface area contributed by atoms with Crippen molar-refractivity contribution in [1.82, 2.24) is 14.8 Å². The number of fused-ring (bicyclic) bond motifs is 1. The summed E-state index contributed by atoms with van der Waals surface area (Å²) >= 11 is 0. The maximum absolute atomic E-state index is 11.4. The van der Waals surface area contributed by atoms with Gasteiger partial charge >= 0.3 is 5.97 Å². The third-order valence-corrected chi connectivity index (χ3v) is 5.44. The zero-order valence-corrected chi connectivity index (χ0v) is 18.5. The van der Waals surface area contributed by atoms with Gasteiger partial charge in [-0.25, -0.2) is 14.5 Å². The fraction of sp³-hybridized carbons (Fsp3) is 0.222. The average molecular weight is 426 g/mol. The van der Waals surface area contributed by atoms with Crippen LogP contribution in [0.2, 0.25) is 0 Å². The van der Waals surface area contributed by atoms with Crippen LogP contribution in [0.15, 0.2) is 72.8 Å². The van der Waals surface area contributed by atoms with Crippen LogP contribution in [0.5, 0.6) is 0 Å². The molecule has 2 aliphatic rings. The van der Waals surface area contributed by atoms with Crippen LogP contribution in [-0.2, 0) is 19.4 Å². The van der Waals surface area contributed by atoms with Gasteiger partial charge in [-0.3, -0.25) is 0 Å². The van der Waals surface area contributed by atoms with E-state index in [1.54, 1.807) is 12.1 Å². The number of aryl methyl sites for hydroxylation is 2. The molecule has 1 heterocycles. The molecule has 1 N–H and O–H groups in total. The molecule has 5 rings (SSSR count). The summed E-state index contributed by atoms with van der Waals surface area (Å²) < 4.78 is 1.99. The molecule has 2 aliphatic carbocycles. The van der Waals surface area contributed by atoms with Gasteiger partial charge < -0.3 is 5.11 Å². The zero-order valence-electron chi connectivity index (χ0n) is 18.5. The highest BCUT2D eigenvalue weighted by atomic mass is 16.4. The van der Waals surface area contributed by atoms with Crippen LogP contribution in [-0.4, -0.2) is 25.8 Å². The van der Waals surface area contributed by atoms with Crippen LogP contribution in [0.3, 0.4) is 0 Å². The second-order valence-electron chi connectivity index (χ2n) is 7.83. The maximum Gasteiger partial charge on any atom is 0.336 e. The van der Waals surface area contributed by atoms with Gasteiger partial charge in [-0.2, -0.15) is 5.10 Å². The number of aromatic carboxylic acids is 1. The summed E-state index contributed by atoms with van der Waals surface area (Å²) in [5.41, 5.74) is 5.93. The first-order valence-electron chi connectivity index (χ1n) is 11.0. The Bertz CT molecular complexity index is 1210. The van der Waals surface area contributed by atoms with Gasteiger partial charge in [0.25, 0.3) is 0 Å². The number of hydrogen-bond donors (Lipinski definition) is 1. The summed E-state index contributed by atoms with van der Waals surface area (Å²) in [5, 5.41) is 13.9. The Morgan fingerprint density at radius 2 is 1.62 bits per heavy atom. The van der Waals surface area contributed by atoms with Crippen molar-refractivity contribution in [2.45, 2.75) is 39.7 Å². The zero-order chi connectivity index (χ0) is 22.5. The molecule has 0 saturated carbocycles. The minimum atomic E-state index is -0.913. The van der Waals surface area contributed by atoms with Crippen molar-refractivity contribution in [1.29, 1.82) is 0 Å². The first kappa shape index (κ1) is 21.5. The summed E-state index contributed by atoms with van der Waals surface area (Å²) in [6.07, 6.45) is 2.56. The van der Waals surface area contributed by atoms with Crippen molar-refractivity contribution >= 4 is 5.97 Å². The quantitative estimate of drug-likeness (QED) is 0.354. The molecule has 0 spiro atoms. The summed E-state index contributed by atoms with van der Waals surface area (Å²) in [7, 11) is 0. The van der Waals surface area contributed by atoms with Crippen molar-refractivity contribution in [3.63, 3.8) is 0 Å². The lowest BCUT2D eigenvalue weighted by Crippen LogP contribution is -2.06. The molecule has 0 fully saturated rings. The van der Waals surface area contributed by atoms with E-state index in [1.807, 2.05) is 41.1 Å². The van der Waals surface area contributed by atoms with E-state index >= 15 is 0 Å². The molecule has 0 bridgehead atoms. The number of benzene rings is 3. The van der Waals surface area contributed by atoms with Gasteiger partial charge in [-0.1, -0.05) is 74.5 Å². The van der Waals surface area contributed by atoms with Crippen LogP contribution in [0.25, 0.3) is 22.3 Å². The summed E-state index contributed by atoms with van der Waals surface area (Å²) in [4.78, 5) is 16.0. The lowest BCUT2D eigenvalue weighted by atomic mass is 9.98. The van der Waals surface area contributed by atoms with Gasteiger partial charge in [0, 0.05) is 19.4 Å². The smallest absolute Gasteiger partial charge is 0.336 e. The molecule has 0 amide bonds. The van der Waals surface area contributed by atoms with Crippen molar-refractivity contribution in [2.75, 3.05) is 0 Å². The summed E-state index contributed by atoms with van der Waals surface area (Å²) in [5.74, 6) is 0.937. The fourth-order valence-electron chi connectivity index (χ4n) is 3.68. The Hall–Kier alpha value is -3.73. The summed E-state index contributed by atoms with van der Waals surface area (Å²) in [6, 6.07) is 23.6. The molecule has 0 saturated heterocycles. The molecule has 3 aromatic rings. The van der Waals surface area contributed by atoms with Gasteiger partial charge in [-0.05, 0) is 46.4 Å². The Morgan fingerprint density at radius 3 is 2.19 bits per heavy atom. The molecule has 32 heavy (non-hydrogen) atoms. The maximum atomic E-state index is 11.4. The van der Waals surface area contributed by atoms with Crippen molar-refractivity contribution in [3.05, 3.63) is 95.6 Å². The lowest BCUT2D eigenvalue weighted by Gasteiger charge is -2.08. The predicted molar refractivity (Wildman–Crippen MR) is 127 cm³/mol. The molecule has 1 aromatic heterocycles. The van der Waals surface area contributed by atoms with Crippen molar-refractivity contribution in [2.24, 2.45) is 0 Å². The van der Waals surface area contributed by atoms with Gasteiger partial charge in [0.2, 0.25) is 0 Å². The monoisotopic (exact) mass is 425 g/mol. The van der Waals surface area contributed by atoms with E-state index in [0.717, 1.165) is 47.7 Å². The van der Waals surface area contributed by atoms with Crippen LogP contribution in [0.1, 0.15) is 47.8 Å². The SMILES string of the molecule is CCCn1nc(CC)nc1Cc1ccc(-c2ccccc2C(=O)O)cc1.c1cc2cc-2c1. The van der Waals surface area contributed by atoms with Gasteiger partial charge in [0.1, 0.15) is 5.82 Å². The molecule has 0 aliphatic heterocycles. The van der Waals surface area contributed by atoms with Gasteiger partial charge in [0.15, 0.2) is 5.82 Å².